The van der Waals surface area contributed by atoms with E-state index in [1.165, 1.54) is 13.2 Å². The van der Waals surface area contributed by atoms with Crippen molar-refractivity contribution in [2.75, 3.05) is 32.7 Å². The Bertz CT molecular complexity index is 418. The first-order valence-electron chi connectivity index (χ1n) is 6.23. The maximum atomic E-state index is 11.3. The van der Waals surface area contributed by atoms with Gasteiger partial charge in [0.25, 0.3) is 0 Å². The molecule has 0 radical (unpaired) electrons. The first-order chi connectivity index (χ1) is 9.04. The average Bonchev–Trinajstić information content (AvgIpc) is 2.38. The van der Waals surface area contributed by atoms with Gasteiger partial charge >= 0.3 is 5.97 Å². The van der Waals surface area contributed by atoms with Gasteiger partial charge < -0.3 is 19.9 Å². The summed E-state index contributed by atoms with van der Waals surface area (Å²) in [7, 11) is 1.33. The third-order valence-corrected chi connectivity index (χ3v) is 2.37. The molecule has 5 nitrogen and oxygen atoms in total. The number of esters is 1. The molecule has 0 aliphatic rings. The predicted octanol–water partition coefficient (Wildman–Crippen LogP) is 2.11. The lowest BCUT2D eigenvalue weighted by Gasteiger charge is -2.11. The number of benzene rings is 1. The van der Waals surface area contributed by atoms with Crippen LogP contribution in [0.5, 0.6) is 5.75 Å². The molecule has 106 valence electrons. The Morgan fingerprint density at radius 3 is 2.63 bits per heavy atom. The zero-order valence-corrected chi connectivity index (χ0v) is 11.6. The molecule has 2 N–H and O–H groups in total. The van der Waals surface area contributed by atoms with Gasteiger partial charge in [0.05, 0.1) is 25.0 Å². The minimum absolute atomic E-state index is 0.406. The van der Waals surface area contributed by atoms with Crippen molar-refractivity contribution < 1.29 is 19.0 Å². The van der Waals surface area contributed by atoms with Crippen molar-refractivity contribution in [1.29, 1.82) is 0 Å². The molecule has 0 aromatic heterocycles. The van der Waals surface area contributed by atoms with E-state index >= 15 is 0 Å². The van der Waals surface area contributed by atoms with Crippen LogP contribution in [0.4, 0.5) is 5.69 Å². The molecule has 0 bridgehead atoms. The molecule has 0 fully saturated rings. The smallest absolute Gasteiger partial charge is 0.337 e. The van der Waals surface area contributed by atoms with Gasteiger partial charge in [0.1, 0.15) is 12.4 Å². The molecule has 0 amide bonds. The van der Waals surface area contributed by atoms with E-state index in [1.54, 1.807) is 12.1 Å². The molecule has 0 aliphatic heterocycles. The normalized spacial score (nSPS) is 10.5. The Balaban J connectivity index is 2.44. The fraction of sp³-hybridized carbons (Fsp3) is 0.500. The van der Waals surface area contributed by atoms with Crippen LogP contribution in [-0.4, -0.2) is 32.9 Å². The summed E-state index contributed by atoms with van der Waals surface area (Å²) in [5.74, 6) is 0.628. The molecule has 0 saturated carbocycles. The monoisotopic (exact) mass is 267 g/mol. The van der Waals surface area contributed by atoms with Crippen molar-refractivity contribution in [3.63, 3.8) is 0 Å². The number of rotatable bonds is 7. The molecule has 0 spiro atoms. The summed E-state index contributed by atoms with van der Waals surface area (Å²) in [6.45, 7) is 5.82. The highest BCUT2D eigenvalue weighted by Gasteiger charge is 2.08. The molecule has 0 saturated heterocycles. The molecule has 5 heteroatoms. The quantitative estimate of drug-likeness (QED) is 0.465. The second-order valence-corrected chi connectivity index (χ2v) is 4.56. The van der Waals surface area contributed by atoms with Crippen LogP contribution in [0, 0.1) is 5.92 Å². The lowest BCUT2D eigenvalue weighted by Crippen LogP contribution is -2.11. The second-order valence-electron chi connectivity index (χ2n) is 4.56. The van der Waals surface area contributed by atoms with Gasteiger partial charge in [-0.05, 0) is 24.1 Å². The largest absolute Gasteiger partial charge is 0.489 e. The number of methoxy groups -OCH3 is 1. The molecular formula is C14H21NO4. The standard InChI is InChI=1S/C14H21NO4/c1-10(2)9-18-6-7-19-13-5-4-11(8-12(13)15)14(16)17-3/h4-5,8,10H,6-7,9,15H2,1-3H3. The van der Waals surface area contributed by atoms with Gasteiger partial charge in [0.15, 0.2) is 0 Å². The molecule has 0 unspecified atom stereocenters. The highest BCUT2D eigenvalue weighted by atomic mass is 16.5. The first kappa shape index (κ1) is 15.3. The lowest BCUT2D eigenvalue weighted by molar-refractivity contribution is 0.0600. The maximum Gasteiger partial charge on any atom is 0.337 e. The summed E-state index contributed by atoms with van der Waals surface area (Å²) in [5.41, 5.74) is 6.62. The zero-order valence-electron chi connectivity index (χ0n) is 11.6. The third-order valence-electron chi connectivity index (χ3n) is 2.37. The number of nitrogen functional groups attached to an aromatic ring is 1. The van der Waals surface area contributed by atoms with Crippen molar-refractivity contribution in [2.45, 2.75) is 13.8 Å². The highest BCUT2D eigenvalue weighted by molar-refractivity contribution is 5.90. The Hall–Kier alpha value is -1.75. The van der Waals surface area contributed by atoms with Crippen LogP contribution in [-0.2, 0) is 9.47 Å². The third kappa shape index (κ3) is 5.18. The minimum atomic E-state index is -0.418. The Morgan fingerprint density at radius 2 is 2.05 bits per heavy atom. The van der Waals surface area contributed by atoms with Crippen LogP contribution in [0.15, 0.2) is 18.2 Å². The van der Waals surface area contributed by atoms with E-state index in [4.69, 9.17) is 15.2 Å². The van der Waals surface area contributed by atoms with E-state index in [9.17, 15) is 4.79 Å². The molecule has 1 aromatic rings. The van der Waals surface area contributed by atoms with Crippen molar-refractivity contribution in [2.24, 2.45) is 5.92 Å². The van der Waals surface area contributed by atoms with Crippen LogP contribution in [0.25, 0.3) is 0 Å². The molecule has 1 aromatic carbocycles. The van der Waals surface area contributed by atoms with Crippen molar-refractivity contribution in [1.82, 2.24) is 0 Å². The number of carbonyl (C=O) groups excluding carboxylic acids is 1. The number of anilines is 1. The van der Waals surface area contributed by atoms with Gasteiger partial charge in [-0.25, -0.2) is 4.79 Å². The van der Waals surface area contributed by atoms with Gasteiger partial charge in [-0.15, -0.1) is 0 Å². The SMILES string of the molecule is COC(=O)c1ccc(OCCOCC(C)C)c(N)c1. The van der Waals surface area contributed by atoms with E-state index in [-0.39, 0.29) is 0 Å². The number of nitrogens with two attached hydrogens (primary N) is 1. The Morgan fingerprint density at radius 1 is 1.32 bits per heavy atom. The van der Waals surface area contributed by atoms with Crippen LogP contribution in [0.2, 0.25) is 0 Å². The number of ether oxygens (including phenoxy) is 3. The first-order valence-corrected chi connectivity index (χ1v) is 6.23. The molecule has 1 rings (SSSR count). The predicted molar refractivity (Wildman–Crippen MR) is 73.3 cm³/mol. The summed E-state index contributed by atoms with van der Waals surface area (Å²) < 4.78 is 15.5. The molecular weight excluding hydrogens is 246 g/mol. The fourth-order valence-electron chi connectivity index (χ4n) is 1.45. The van der Waals surface area contributed by atoms with E-state index < -0.39 is 5.97 Å². The fourth-order valence-corrected chi connectivity index (χ4v) is 1.45. The van der Waals surface area contributed by atoms with Gasteiger partial charge in [0, 0.05) is 6.61 Å². The summed E-state index contributed by atoms with van der Waals surface area (Å²) in [6.07, 6.45) is 0. The topological polar surface area (TPSA) is 70.8 Å². The van der Waals surface area contributed by atoms with Gasteiger partial charge in [-0.1, -0.05) is 13.8 Å². The minimum Gasteiger partial charge on any atom is -0.489 e. The Kier molecular flexibility index (Phi) is 6.15. The van der Waals surface area contributed by atoms with Crippen LogP contribution < -0.4 is 10.5 Å². The second kappa shape index (κ2) is 7.63. The van der Waals surface area contributed by atoms with Gasteiger partial charge in [0.2, 0.25) is 0 Å². The van der Waals surface area contributed by atoms with Crippen LogP contribution >= 0.6 is 0 Å². The summed E-state index contributed by atoms with van der Waals surface area (Å²) in [6, 6.07) is 4.81. The van der Waals surface area contributed by atoms with Gasteiger partial charge in [-0.2, -0.15) is 0 Å². The summed E-state index contributed by atoms with van der Waals surface area (Å²) in [5, 5.41) is 0. The average molecular weight is 267 g/mol. The van der Waals surface area contributed by atoms with E-state index in [1.807, 2.05) is 0 Å². The molecule has 0 atom stereocenters. The van der Waals surface area contributed by atoms with E-state index in [0.717, 1.165) is 0 Å². The van der Waals surface area contributed by atoms with Crippen LogP contribution in [0.1, 0.15) is 24.2 Å². The number of hydrogen-bond acceptors (Lipinski definition) is 5. The Labute approximate surface area is 113 Å². The maximum absolute atomic E-state index is 11.3. The van der Waals surface area contributed by atoms with E-state index in [2.05, 4.69) is 18.6 Å². The van der Waals surface area contributed by atoms with Gasteiger partial charge in [-0.3, -0.25) is 0 Å². The van der Waals surface area contributed by atoms with Crippen LogP contribution in [0.3, 0.4) is 0 Å². The highest BCUT2D eigenvalue weighted by Crippen LogP contribution is 2.22. The van der Waals surface area contributed by atoms with Crippen molar-refractivity contribution >= 4 is 11.7 Å². The molecule has 0 heterocycles. The number of carbonyl (C=O) groups is 1. The van der Waals surface area contributed by atoms with Crippen molar-refractivity contribution in [3.05, 3.63) is 23.8 Å². The van der Waals surface area contributed by atoms with Crippen molar-refractivity contribution in [3.8, 4) is 5.75 Å². The number of hydrogen-bond donors (Lipinski definition) is 1. The summed E-state index contributed by atoms with van der Waals surface area (Å²) in [4.78, 5) is 11.3. The molecule has 0 aliphatic carbocycles. The molecule has 19 heavy (non-hydrogen) atoms. The summed E-state index contributed by atoms with van der Waals surface area (Å²) >= 11 is 0. The zero-order chi connectivity index (χ0) is 14.3. The van der Waals surface area contributed by atoms with E-state index in [0.29, 0.717) is 42.7 Å². The lowest BCUT2D eigenvalue weighted by atomic mass is 10.2.